The Balaban J connectivity index is 2.34. The zero-order valence-corrected chi connectivity index (χ0v) is 13.9. The minimum atomic E-state index is 0.101. The fourth-order valence-electron chi connectivity index (χ4n) is 4.60. The monoisotopic (exact) mass is 288 g/mol. The van der Waals surface area contributed by atoms with Crippen molar-refractivity contribution in [3.8, 4) is 0 Å². The molecule has 0 aromatic rings. The molecule has 2 heteroatoms. The summed E-state index contributed by atoms with van der Waals surface area (Å²) in [6.45, 7) is 12.9. The standard InChI is InChI=1S/C19H28O2/c1-13(12-20)6-8-18(4)14(2)7-9-19(5)15(3)10-16(21)11-17(18)19/h10,12,14,17H,1,6-9,11H2,2-5H3/t14-,17-,18+,19+/m1/s1. The molecule has 1 fully saturated rings. The third kappa shape index (κ3) is 2.65. The van der Waals surface area contributed by atoms with Gasteiger partial charge in [0.15, 0.2) is 5.78 Å². The molecule has 4 atom stereocenters. The molecule has 0 N–H and O–H groups in total. The highest BCUT2D eigenvalue weighted by molar-refractivity contribution is 5.92. The van der Waals surface area contributed by atoms with Crippen LogP contribution in [0.3, 0.4) is 0 Å². The molecule has 0 radical (unpaired) electrons. The average molecular weight is 288 g/mol. The fraction of sp³-hybridized carbons (Fsp3) is 0.684. The summed E-state index contributed by atoms with van der Waals surface area (Å²) in [7, 11) is 0. The molecular weight excluding hydrogens is 260 g/mol. The average Bonchev–Trinajstić information content (AvgIpc) is 2.44. The Labute approximate surface area is 128 Å². The smallest absolute Gasteiger partial charge is 0.155 e. The zero-order valence-electron chi connectivity index (χ0n) is 13.9. The van der Waals surface area contributed by atoms with Crippen molar-refractivity contribution < 1.29 is 9.59 Å². The van der Waals surface area contributed by atoms with Gasteiger partial charge in [-0.3, -0.25) is 9.59 Å². The maximum Gasteiger partial charge on any atom is 0.155 e. The van der Waals surface area contributed by atoms with Crippen LogP contribution < -0.4 is 0 Å². The molecule has 1 saturated carbocycles. The Kier molecular flexibility index (Phi) is 4.28. The van der Waals surface area contributed by atoms with E-state index in [2.05, 4.69) is 34.3 Å². The van der Waals surface area contributed by atoms with E-state index in [0.717, 1.165) is 19.1 Å². The first-order chi connectivity index (χ1) is 9.74. The third-order valence-corrected chi connectivity index (χ3v) is 6.62. The van der Waals surface area contributed by atoms with Crippen molar-refractivity contribution in [1.29, 1.82) is 0 Å². The zero-order chi connectivity index (χ0) is 15.8. The first-order valence-electron chi connectivity index (χ1n) is 8.08. The second kappa shape index (κ2) is 5.55. The lowest BCUT2D eigenvalue weighted by Crippen LogP contribution is -2.50. The molecule has 0 amide bonds. The maximum absolute atomic E-state index is 12.1. The SMILES string of the molecule is C=C(C=O)CC[C@@]1(C)[C@H](C)CC[C@@]2(C)C(C)=CC(=O)C[C@H]12. The van der Waals surface area contributed by atoms with E-state index in [1.54, 1.807) is 0 Å². The Morgan fingerprint density at radius 3 is 2.76 bits per heavy atom. The largest absolute Gasteiger partial charge is 0.298 e. The van der Waals surface area contributed by atoms with Crippen molar-refractivity contribution in [2.45, 2.75) is 59.8 Å². The molecule has 0 aromatic carbocycles. The van der Waals surface area contributed by atoms with Crippen LogP contribution in [0.2, 0.25) is 0 Å². The van der Waals surface area contributed by atoms with E-state index >= 15 is 0 Å². The molecule has 0 unspecified atom stereocenters. The van der Waals surface area contributed by atoms with Gasteiger partial charge in [-0.25, -0.2) is 0 Å². The molecule has 0 bridgehead atoms. The van der Waals surface area contributed by atoms with Crippen LogP contribution in [0, 0.1) is 22.7 Å². The fourth-order valence-corrected chi connectivity index (χ4v) is 4.60. The van der Waals surface area contributed by atoms with Crippen LogP contribution in [0.25, 0.3) is 0 Å². The van der Waals surface area contributed by atoms with Crippen LogP contribution in [-0.4, -0.2) is 12.1 Å². The Morgan fingerprint density at radius 1 is 1.48 bits per heavy atom. The lowest BCUT2D eigenvalue weighted by molar-refractivity contribution is -0.123. The van der Waals surface area contributed by atoms with Crippen LogP contribution in [0.5, 0.6) is 0 Å². The predicted molar refractivity (Wildman–Crippen MR) is 85.9 cm³/mol. The molecule has 2 rings (SSSR count). The van der Waals surface area contributed by atoms with Crippen LogP contribution in [0.1, 0.15) is 59.8 Å². The third-order valence-electron chi connectivity index (χ3n) is 6.62. The van der Waals surface area contributed by atoms with Gasteiger partial charge in [-0.2, -0.15) is 0 Å². The number of carbonyl (C=O) groups excluding carboxylic acids is 2. The highest BCUT2D eigenvalue weighted by atomic mass is 16.1. The summed E-state index contributed by atoms with van der Waals surface area (Å²) in [6.07, 6.45) is 7.43. The van der Waals surface area contributed by atoms with Crippen LogP contribution in [0.15, 0.2) is 23.8 Å². The number of fused-ring (bicyclic) bond motifs is 1. The van der Waals surface area contributed by atoms with E-state index in [1.807, 2.05) is 6.08 Å². The Morgan fingerprint density at radius 2 is 2.14 bits per heavy atom. The number of rotatable bonds is 4. The Bertz CT molecular complexity index is 502. The first kappa shape index (κ1) is 16.2. The summed E-state index contributed by atoms with van der Waals surface area (Å²) >= 11 is 0. The molecular formula is C19H28O2. The normalized spacial score (nSPS) is 39.4. The number of hydrogen-bond donors (Lipinski definition) is 0. The van der Waals surface area contributed by atoms with Crippen LogP contribution in [-0.2, 0) is 9.59 Å². The van der Waals surface area contributed by atoms with Gasteiger partial charge >= 0.3 is 0 Å². The van der Waals surface area contributed by atoms with E-state index in [-0.39, 0.29) is 16.6 Å². The van der Waals surface area contributed by atoms with Gasteiger partial charge in [0.25, 0.3) is 0 Å². The van der Waals surface area contributed by atoms with Crippen molar-refractivity contribution in [1.82, 2.24) is 0 Å². The quantitative estimate of drug-likeness (QED) is 0.564. The number of aldehydes is 1. The lowest BCUT2D eigenvalue weighted by atomic mass is 9.47. The molecule has 2 aliphatic rings. The van der Waals surface area contributed by atoms with Crippen molar-refractivity contribution in [3.05, 3.63) is 23.8 Å². The first-order valence-corrected chi connectivity index (χ1v) is 8.08. The number of allylic oxidation sites excluding steroid dienone is 3. The minimum absolute atomic E-state index is 0.101. The Hall–Kier alpha value is -1.18. The van der Waals surface area contributed by atoms with Crippen LogP contribution in [0.4, 0.5) is 0 Å². The number of hydrogen-bond acceptors (Lipinski definition) is 2. The second-order valence-corrected chi connectivity index (χ2v) is 7.69. The van der Waals surface area contributed by atoms with Gasteiger partial charge in [0.1, 0.15) is 6.29 Å². The summed E-state index contributed by atoms with van der Waals surface area (Å²) in [5, 5.41) is 0. The summed E-state index contributed by atoms with van der Waals surface area (Å²) < 4.78 is 0. The van der Waals surface area contributed by atoms with Gasteiger partial charge in [-0.1, -0.05) is 32.9 Å². The topological polar surface area (TPSA) is 34.1 Å². The maximum atomic E-state index is 12.1. The molecule has 0 heterocycles. The molecule has 2 nitrogen and oxygen atoms in total. The van der Waals surface area contributed by atoms with Gasteiger partial charge in [-0.05, 0) is 66.9 Å². The van der Waals surface area contributed by atoms with Crippen molar-refractivity contribution >= 4 is 12.1 Å². The van der Waals surface area contributed by atoms with E-state index in [0.29, 0.717) is 23.8 Å². The summed E-state index contributed by atoms with van der Waals surface area (Å²) in [5.41, 5.74) is 2.16. The van der Waals surface area contributed by atoms with Gasteiger partial charge in [0, 0.05) is 6.42 Å². The summed E-state index contributed by atoms with van der Waals surface area (Å²) in [5.74, 6) is 1.23. The molecule has 0 aromatic heterocycles. The molecule has 2 aliphatic carbocycles. The molecule has 0 saturated heterocycles. The van der Waals surface area contributed by atoms with Gasteiger partial charge in [0.2, 0.25) is 0 Å². The molecule has 0 aliphatic heterocycles. The van der Waals surface area contributed by atoms with Crippen molar-refractivity contribution in [2.24, 2.45) is 22.7 Å². The van der Waals surface area contributed by atoms with E-state index in [9.17, 15) is 9.59 Å². The number of ketones is 1. The van der Waals surface area contributed by atoms with Crippen molar-refractivity contribution in [2.75, 3.05) is 0 Å². The van der Waals surface area contributed by atoms with Gasteiger partial charge < -0.3 is 0 Å². The predicted octanol–water partition coefficient (Wildman–Crippen LogP) is 4.50. The van der Waals surface area contributed by atoms with Gasteiger partial charge in [-0.15, -0.1) is 0 Å². The van der Waals surface area contributed by atoms with E-state index in [1.165, 1.54) is 18.4 Å². The van der Waals surface area contributed by atoms with Crippen molar-refractivity contribution in [3.63, 3.8) is 0 Å². The highest BCUT2D eigenvalue weighted by Gasteiger charge is 2.54. The molecule has 0 spiro atoms. The summed E-state index contributed by atoms with van der Waals surface area (Å²) in [4.78, 5) is 23.0. The second-order valence-electron chi connectivity index (χ2n) is 7.69. The highest BCUT2D eigenvalue weighted by Crippen LogP contribution is 2.61. The minimum Gasteiger partial charge on any atom is -0.298 e. The van der Waals surface area contributed by atoms with E-state index < -0.39 is 0 Å². The van der Waals surface area contributed by atoms with Gasteiger partial charge in [0.05, 0.1) is 0 Å². The van der Waals surface area contributed by atoms with Crippen LogP contribution >= 0.6 is 0 Å². The summed E-state index contributed by atoms with van der Waals surface area (Å²) in [6, 6.07) is 0. The molecule has 21 heavy (non-hydrogen) atoms. The number of carbonyl (C=O) groups is 2. The molecule has 116 valence electrons. The lowest BCUT2D eigenvalue weighted by Gasteiger charge is -2.57. The van der Waals surface area contributed by atoms with E-state index in [4.69, 9.17) is 0 Å².